The molecular formula is C14H11ClN4O4. The Hall–Kier alpha value is -2.87. The second kappa shape index (κ2) is 5.73. The van der Waals surface area contributed by atoms with E-state index in [4.69, 9.17) is 26.2 Å². The van der Waals surface area contributed by atoms with Crippen LogP contribution in [0.4, 0.5) is 0 Å². The Morgan fingerprint density at radius 3 is 2.52 bits per heavy atom. The van der Waals surface area contributed by atoms with Gasteiger partial charge in [0.25, 0.3) is 0 Å². The molecule has 0 fully saturated rings. The van der Waals surface area contributed by atoms with Crippen molar-refractivity contribution in [1.82, 2.24) is 19.5 Å². The maximum atomic E-state index is 11.0. The topological polar surface area (TPSA) is 99.4 Å². The molecule has 8 nitrogen and oxygen atoms in total. The number of fused-ring (bicyclic) bond motifs is 1. The van der Waals surface area contributed by atoms with E-state index in [9.17, 15) is 4.79 Å². The molecule has 2 aromatic heterocycles. The van der Waals surface area contributed by atoms with E-state index in [1.807, 2.05) is 0 Å². The molecule has 0 spiro atoms. The zero-order valence-electron chi connectivity index (χ0n) is 12.1. The quantitative estimate of drug-likeness (QED) is 0.730. The van der Waals surface area contributed by atoms with E-state index in [0.29, 0.717) is 28.2 Å². The maximum Gasteiger partial charge on any atom is 0.356 e. The molecule has 0 unspecified atom stereocenters. The number of carboxylic acids is 1. The first-order valence-corrected chi connectivity index (χ1v) is 6.78. The first-order chi connectivity index (χ1) is 11.0. The van der Waals surface area contributed by atoms with Crippen LogP contribution in [0.25, 0.3) is 16.7 Å². The fourth-order valence-electron chi connectivity index (χ4n) is 2.16. The lowest BCUT2D eigenvalue weighted by molar-refractivity contribution is 0.0691. The molecule has 9 heteroatoms. The molecule has 1 aromatic carbocycles. The summed E-state index contributed by atoms with van der Waals surface area (Å²) in [6.45, 7) is 0. The molecule has 0 aliphatic heterocycles. The highest BCUT2D eigenvalue weighted by Gasteiger charge is 2.15. The molecule has 0 bridgehead atoms. The number of imidazole rings is 1. The number of hydrogen-bond acceptors (Lipinski definition) is 6. The summed E-state index contributed by atoms with van der Waals surface area (Å²) in [6, 6.07) is 3.36. The predicted molar refractivity (Wildman–Crippen MR) is 81.7 cm³/mol. The standard InChI is InChI=1S/C14H11ClN4O4/c1-22-10-3-7-8(4-11(10)23-2)17-14(15)18-12(7)19-5-9(13(20)21)16-6-19/h3-6H,1-2H3,(H,20,21). The van der Waals surface area contributed by atoms with Gasteiger partial charge in [0.2, 0.25) is 5.28 Å². The molecule has 0 amide bonds. The Morgan fingerprint density at radius 1 is 1.22 bits per heavy atom. The molecule has 23 heavy (non-hydrogen) atoms. The van der Waals surface area contributed by atoms with Crippen molar-refractivity contribution in [1.29, 1.82) is 0 Å². The molecular weight excluding hydrogens is 324 g/mol. The molecule has 0 radical (unpaired) electrons. The molecule has 0 saturated carbocycles. The minimum absolute atomic E-state index is 0.0188. The Morgan fingerprint density at radius 2 is 1.91 bits per heavy atom. The van der Waals surface area contributed by atoms with Crippen molar-refractivity contribution in [3.8, 4) is 17.3 Å². The normalized spacial score (nSPS) is 10.7. The highest BCUT2D eigenvalue weighted by molar-refractivity contribution is 6.28. The van der Waals surface area contributed by atoms with Crippen molar-refractivity contribution in [3.05, 3.63) is 35.6 Å². The summed E-state index contributed by atoms with van der Waals surface area (Å²) in [5.74, 6) is 0.247. The monoisotopic (exact) mass is 334 g/mol. The van der Waals surface area contributed by atoms with E-state index >= 15 is 0 Å². The summed E-state index contributed by atoms with van der Waals surface area (Å²) in [4.78, 5) is 23.1. The van der Waals surface area contributed by atoms with Crippen LogP contribution in [-0.2, 0) is 0 Å². The van der Waals surface area contributed by atoms with Gasteiger partial charge >= 0.3 is 5.97 Å². The lowest BCUT2D eigenvalue weighted by Gasteiger charge is -2.11. The van der Waals surface area contributed by atoms with Gasteiger partial charge in [0, 0.05) is 17.6 Å². The molecule has 0 saturated heterocycles. The van der Waals surface area contributed by atoms with Crippen LogP contribution in [0.3, 0.4) is 0 Å². The number of nitrogens with zero attached hydrogens (tertiary/aromatic N) is 4. The van der Waals surface area contributed by atoms with Crippen LogP contribution in [0.5, 0.6) is 11.5 Å². The van der Waals surface area contributed by atoms with Crippen LogP contribution in [0.15, 0.2) is 24.7 Å². The first-order valence-electron chi connectivity index (χ1n) is 6.40. The average Bonchev–Trinajstić information content (AvgIpc) is 3.02. The summed E-state index contributed by atoms with van der Waals surface area (Å²) in [5.41, 5.74) is 0.427. The van der Waals surface area contributed by atoms with Gasteiger partial charge in [0.1, 0.15) is 6.33 Å². The van der Waals surface area contributed by atoms with Crippen LogP contribution >= 0.6 is 11.6 Å². The van der Waals surface area contributed by atoms with Crippen LogP contribution in [-0.4, -0.2) is 44.8 Å². The number of aromatic carboxylic acids is 1. The number of aromatic nitrogens is 4. The predicted octanol–water partition coefficient (Wildman–Crippen LogP) is 2.18. The lowest BCUT2D eigenvalue weighted by Crippen LogP contribution is -2.01. The molecule has 0 aliphatic rings. The number of halogens is 1. The molecule has 0 atom stereocenters. The van der Waals surface area contributed by atoms with E-state index in [0.717, 1.165) is 0 Å². The Bertz CT molecular complexity index is 909. The van der Waals surface area contributed by atoms with Crippen molar-refractivity contribution in [2.24, 2.45) is 0 Å². The third kappa shape index (κ3) is 2.64. The van der Waals surface area contributed by atoms with Crippen LogP contribution in [0, 0.1) is 0 Å². The number of rotatable bonds is 4. The second-order valence-electron chi connectivity index (χ2n) is 4.51. The molecule has 2 heterocycles. The fourth-order valence-corrected chi connectivity index (χ4v) is 2.33. The Balaban J connectivity index is 2.28. The van der Waals surface area contributed by atoms with E-state index < -0.39 is 5.97 Å². The SMILES string of the molecule is COc1cc2nc(Cl)nc(-n3cnc(C(=O)O)c3)c2cc1OC. The highest BCUT2D eigenvalue weighted by Crippen LogP contribution is 2.34. The van der Waals surface area contributed by atoms with Crippen molar-refractivity contribution in [2.45, 2.75) is 0 Å². The molecule has 1 N–H and O–H groups in total. The van der Waals surface area contributed by atoms with E-state index in [-0.39, 0.29) is 11.0 Å². The van der Waals surface area contributed by atoms with Crippen molar-refractivity contribution >= 4 is 28.5 Å². The van der Waals surface area contributed by atoms with Crippen molar-refractivity contribution in [3.63, 3.8) is 0 Å². The fraction of sp³-hybridized carbons (Fsp3) is 0.143. The minimum Gasteiger partial charge on any atom is -0.493 e. The molecule has 3 rings (SSSR count). The zero-order valence-corrected chi connectivity index (χ0v) is 12.9. The maximum absolute atomic E-state index is 11.0. The Kier molecular flexibility index (Phi) is 3.75. The number of benzene rings is 1. The number of hydrogen-bond donors (Lipinski definition) is 1. The van der Waals surface area contributed by atoms with Gasteiger partial charge in [0.15, 0.2) is 23.0 Å². The lowest BCUT2D eigenvalue weighted by atomic mass is 10.2. The van der Waals surface area contributed by atoms with Gasteiger partial charge in [-0.1, -0.05) is 0 Å². The zero-order chi connectivity index (χ0) is 16.6. The summed E-state index contributed by atoms with van der Waals surface area (Å²) in [5, 5.41) is 9.62. The highest BCUT2D eigenvalue weighted by atomic mass is 35.5. The van der Waals surface area contributed by atoms with Crippen LogP contribution in [0.1, 0.15) is 10.5 Å². The van der Waals surface area contributed by atoms with E-state index in [1.54, 1.807) is 12.1 Å². The second-order valence-corrected chi connectivity index (χ2v) is 4.85. The molecule has 0 aliphatic carbocycles. The van der Waals surface area contributed by atoms with Gasteiger partial charge in [-0.25, -0.2) is 14.8 Å². The summed E-state index contributed by atoms with van der Waals surface area (Å²) in [7, 11) is 3.03. The molecule has 118 valence electrons. The third-order valence-corrected chi connectivity index (χ3v) is 3.37. The van der Waals surface area contributed by atoms with Gasteiger partial charge in [-0.2, -0.15) is 4.98 Å². The first kappa shape index (κ1) is 15.0. The smallest absolute Gasteiger partial charge is 0.356 e. The minimum atomic E-state index is -1.13. The van der Waals surface area contributed by atoms with Gasteiger partial charge in [-0.05, 0) is 17.7 Å². The third-order valence-electron chi connectivity index (χ3n) is 3.20. The van der Waals surface area contributed by atoms with Crippen molar-refractivity contribution < 1.29 is 19.4 Å². The molecule has 3 aromatic rings. The van der Waals surface area contributed by atoms with Crippen molar-refractivity contribution in [2.75, 3.05) is 14.2 Å². The van der Waals surface area contributed by atoms with Gasteiger partial charge < -0.3 is 14.6 Å². The average molecular weight is 335 g/mol. The Labute approximate surface area is 135 Å². The largest absolute Gasteiger partial charge is 0.493 e. The number of carbonyl (C=O) groups is 1. The van der Waals surface area contributed by atoms with Crippen LogP contribution in [0.2, 0.25) is 5.28 Å². The number of ether oxygens (including phenoxy) is 2. The van der Waals surface area contributed by atoms with Crippen LogP contribution < -0.4 is 9.47 Å². The number of methoxy groups -OCH3 is 2. The summed E-state index contributed by atoms with van der Waals surface area (Å²) < 4.78 is 12.0. The van der Waals surface area contributed by atoms with Gasteiger partial charge in [0.05, 0.1) is 19.7 Å². The van der Waals surface area contributed by atoms with Gasteiger partial charge in [-0.15, -0.1) is 0 Å². The number of carboxylic acid groups (broad SMARTS) is 1. The summed E-state index contributed by atoms with van der Waals surface area (Å²) >= 11 is 5.97. The van der Waals surface area contributed by atoms with E-state index in [1.165, 1.54) is 31.3 Å². The summed E-state index contributed by atoms with van der Waals surface area (Å²) in [6.07, 6.45) is 2.69. The van der Waals surface area contributed by atoms with E-state index in [2.05, 4.69) is 15.0 Å². The van der Waals surface area contributed by atoms with Gasteiger partial charge in [-0.3, -0.25) is 4.57 Å².